The normalized spacial score (nSPS) is 11.5. The molecule has 0 amide bonds. The third-order valence-electron chi connectivity index (χ3n) is 5.98. The van der Waals surface area contributed by atoms with Gasteiger partial charge in [0.15, 0.2) is 0 Å². The first-order valence-electron chi connectivity index (χ1n) is 11.7. The van der Waals surface area contributed by atoms with Crippen LogP contribution in [0.5, 0.6) is 0 Å². The van der Waals surface area contributed by atoms with Crippen molar-refractivity contribution in [2.24, 2.45) is 0 Å². The van der Waals surface area contributed by atoms with Crippen LogP contribution in [0.25, 0.3) is 21.8 Å². The van der Waals surface area contributed by atoms with Crippen molar-refractivity contribution in [1.82, 2.24) is 4.98 Å². The summed E-state index contributed by atoms with van der Waals surface area (Å²) in [6.45, 7) is 2.29. The minimum atomic E-state index is 1.13. The van der Waals surface area contributed by atoms with E-state index in [0.29, 0.717) is 0 Å². The van der Waals surface area contributed by atoms with Gasteiger partial charge in [-0.3, -0.25) is 0 Å². The van der Waals surface area contributed by atoms with Gasteiger partial charge in [-0.25, -0.2) is 4.98 Å². The molecule has 1 aromatic heterocycles. The van der Waals surface area contributed by atoms with Crippen LogP contribution in [0.1, 0.15) is 89.5 Å². The maximum absolute atomic E-state index is 4.85. The lowest BCUT2D eigenvalue weighted by molar-refractivity contribution is 0.544. The topological polar surface area (TPSA) is 12.9 Å². The number of pyridine rings is 1. The Morgan fingerprint density at radius 1 is 0.536 bits per heavy atom. The molecule has 0 fully saturated rings. The van der Waals surface area contributed by atoms with Crippen molar-refractivity contribution in [2.45, 2.75) is 90.4 Å². The Hall–Kier alpha value is -1.89. The third kappa shape index (κ3) is 6.06. The second kappa shape index (κ2) is 11.8. The number of aromatic nitrogens is 1. The monoisotopic (exact) mass is 375 g/mol. The zero-order chi connectivity index (χ0) is 19.4. The highest BCUT2D eigenvalue weighted by atomic mass is 14.7. The van der Waals surface area contributed by atoms with Gasteiger partial charge in [0.1, 0.15) is 0 Å². The van der Waals surface area contributed by atoms with Crippen LogP contribution in [0, 0.1) is 0 Å². The number of aryl methyl sites for hydroxylation is 1. The van der Waals surface area contributed by atoms with Gasteiger partial charge >= 0.3 is 0 Å². The van der Waals surface area contributed by atoms with Gasteiger partial charge in [0, 0.05) is 10.8 Å². The summed E-state index contributed by atoms with van der Waals surface area (Å²) in [7, 11) is 0. The van der Waals surface area contributed by atoms with Crippen LogP contribution in [-0.4, -0.2) is 4.98 Å². The standard InChI is InChI=1S/C27H37N/c1-2-3-4-5-6-7-8-9-10-11-12-13-18-23-24-19-14-16-21-26(24)28-27-22-17-15-20-25(23)27/h14-17,19-22H,2-13,18H2,1H3. The number of unbranched alkanes of at least 4 members (excludes halogenated alkanes) is 11. The maximum atomic E-state index is 4.85. The molecule has 0 saturated carbocycles. The van der Waals surface area contributed by atoms with Gasteiger partial charge in [-0.2, -0.15) is 0 Å². The SMILES string of the molecule is CCCCCCCCCCCCCCc1c2ccccc2nc2ccccc12. The Bertz CT molecular complexity index is 782. The van der Waals surface area contributed by atoms with E-state index in [4.69, 9.17) is 4.98 Å². The van der Waals surface area contributed by atoms with Gasteiger partial charge in [-0.1, -0.05) is 114 Å². The minimum absolute atomic E-state index is 1.13. The number of nitrogens with zero attached hydrogens (tertiary/aromatic N) is 1. The van der Waals surface area contributed by atoms with Crippen molar-refractivity contribution in [1.29, 1.82) is 0 Å². The third-order valence-corrected chi connectivity index (χ3v) is 5.98. The predicted molar refractivity (Wildman–Crippen MR) is 124 cm³/mol. The van der Waals surface area contributed by atoms with Gasteiger partial charge in [0.2, 0.25) is 0 Å². The lowest BCUT2D eigenvalue weighted by Crippen LogP contribution is -1.93. The zero-order valence-electron chi connectivity index (χ0n) is 17.8. The Kier molecular flexibility index (Phi) is 8.81. The van der Waals surface area contributed by atoms with Gasteiger partial charge < -0.3 is 0 Å². The van der Waals surface area contributed by atoms with Crippen LogP contribution >= 0.6 is 0 Å². The minimum Gasteiger partial charge on any atom is -0.248 e. The number of fused-ring (bicyclic) bond motifs is 2. The molecule has 28 heavy (non-hydrogen) atoms. The molecule has 0 aliphatic rings. The predicted octanol–water partition coefficient (Wildman–Crippen LogP) is 8.63. The second-order valence-electron chi connectivity index (χ2n) is 8.26. The molecule has 0 spiro atoms. The first kappa shape index (κ1) is 20.8. The van der Waals surface area contributed by atoms with E-state index in [9.17, 15) is 0 Å². The molecule has 0 aliphatic heterocycles. The van der Waals surface area contributed by atoms with Crippen LogP contribution in [0.2, 0.25) is 0 Å². The highest BCUT2D eigenvalue weighted by Gasteiger charge is 2.08. The number of hydrogen-bond donors (Lipinski definition) is 0. The molecule has 0 unspecified atom stereocenters. The lowest BCUT2D eigenvalue weighted by atomic mass is 9.97. The molecule has 0 atom stereocenters. The van der Waals surface area contributed by atoms with Crippen molar-refractivity contribution in [2.75, 3.05) is 0 Å². The van der Waals surface area contributed by atoms with E-state index in [1.807, 2.05) is 0 Å². The largest absolute Gasteiger partial charge is 0.248 e. The fourth-order valence-corrected chi connectivity index (χ4v) is 4.34. The van der Waals surface area contributed by atoms with E-state index < -0.39 is 0 Å². The van der Waals surface area contributed by atoms with Gasteiger partial charge in [-0.05, 0) is 30.5 Å². The summed E-state index contributed by atoms with van der Waals surface area (Å²) >= 11 is 0. The Balaban J connectivity index is 1.41. The van der Waals surface area contributed by atoms with Crippen LogP contribution in [0.15, 0.2) is 48.5 Å². The van der Waals surface area contributed by atoms with Crippen molar-refractivity contribution in [3.63, 3.8) is 0 Å². The summed E-state index contributed by atoms with van der Waals surface area (Å²) in [4.78, 5) is 4.85. The Morgan fingerprint density at radius 2 is 0.964 bits per heavy atom. The molecule has 0 N–H and O–H groups in total. The smallest absolute Gasteiger partial charge is 0.0712 e. The summed E-state index contributed by atoms with van der Waals surface area (Å²) in [5, 5.41) is 2.67. The van der Waals surface area contributed by atoms with E-state index in [1.165, 1.54) is 99.8 Å². The van der Waals surface area contributed by atoms with Gasteiger partial charge in [0.05, 0.1) is 11.0 Å². The summed E-state index contributed by atoms with van der Waals surface area (Å²) < 4.78 is 0. The van der Waals surface area contributed by atoms with Crippen molar-refractivity contribution >= 4 is 21.8 Å². The van der Waals surface area contributed by atoms with E-state index >= 15 is 0 Å². The molecule has 150 valence electrons. The quantitative estimate of drug-likeness (QED) is 0.215. The molecule has 3 rings (SSSR count). The molecule has 0 aliphatic carbocycles. The molecule has 2 aromatic carbocycles. The summed E-state index contributed by atoms with van der Waals surface area (Å²) in [5.41, 5.74) is 3.76. The van der Waals surface area contributed by atoms with Crippen molar-refractivity contribution in [3.8, 4) is 0 Å². The average Bonchev–Trinajstić information content (AvgIpc) is 2.73. The summed E-state index contributed by atoms with van der Waals surface area (Å²) in [6.07, 6.45) is 18.0. The molecular weight excluding hydrogens is 338 g/mol. The first-order valence-corrected chi connectivity index (χ1v) is 11.7. The van der Waals surface area contributed by atoms with Gasteiger partial charge in [0.25, 0.3) is 0 Å². The van der Waals surface area contributed by atoms with E-state index in [1.54, 1.807) is 0 Å². The van der Waals surface area contributed by atoms with Crippen LogP contribution in [0.3, 0.4) is 0 Å². The zero-order valence-corrected chi connectivity index (χ0v) is 17.8. The summed E-state index contributed by atoms with van der Waals surface area (Å²) in [6, 6.07) is 17.3. The molecule has 1 heteroatoms. The average molecular weight is 376 g/mol. The molecular formula is C27H37N. The van der Waals surface area contributed by atoms with E-state index in [-0.39, 0.29) is 0 Å². The maximum Gasteiger partial charge on any atom is 0.0712 e. The number of para-hydroxylation sites is 2. The van der Waals surface area contributed by atoms with Gasteiger partial charge in [-0.15, -0.1) is 0 Å². The highest BCUT2D eigenvalue weighted by molar-refractivity contribution is 5.97. The highest BCUT2D eigenvalue weighted by Crippen LogP contribution is 2.27. The molecule has 0 saturated heterocycles. The molecule has 0 bridgehead atoms. The fourth-order valence-electron chi connectivity index (χ4n) is 4.34. The number of hydrogen-bond acceptors (Lipinski definition) is 1. The van der Waals surface area contributed by atoms with Crippen LogP contribution in [-0.2, 0) is 6.42 Å². The van der Waals surface area contributed by atoms with Crippen molar-refractivity contribution < 1.29 is 0 Å². The second-order valence-corrected chi connectivity index (χ2v) is 8.26. The van der Waals surface area contributed by atoms with Crippen molar-refractivity contribution in [3.05, 3.63) is 54.1 Å². The molecule has 1 nitrogen and oxygen atoms in total. The summed E-state index contributed by atoms with van der Waals surface area (Å²) in [5.74, 6) is 0. The fraction of sp³-hybridized carbons (Fsp3) is 0.519. The molecule has 1 heterocycles. The van der Waals surface area contributed by atoms with Crippen LogP contribution in [0.4, 0.5) is 0 Å². The molecule has 0 radical (unpaired) electrons. The Labute approximate surface area is 171 Å². The number of benzene rings is 2. The van der Waals surface area contributed by atoms with E-state index in [0.717, 1.165) is 11.0 Å². The Morgan fingerprint density at radius 3 is 1.46 bits per heavy atom. The van der Waals surface area contributed by atoms with Crippen LogP contribution < -0.4 is 0 Å². The van der Waals surface area contributed by atoms with E-state index in [2.05, 4.69) is 55.5 Å². The first-order chi connectivity index (χ1) is 13.9. The number of rotatable bonds is 13. The molecule has 3 aromatic rings. The lowest BCUT2D eigenvalue weighted by Gasteiger charge is -2.11.